The van der Waals surface area contributed by atoms with Gasteiger partial charge in [-0.15, -0.1) is 0 Å². The molecule has 0 radical (unpaired) electrons. The lowest BCUT2D eigenvalue weighted by molar-refractivity contribution is -0.138. The van der Waals surface area contributed by atoms with Crippen molar-refractivity contribution in [2.75, 3.05) is 38.5 Å². The number of benzene rings is 1. The third-order valence-corrected chi connectivity index (χ3v) is 4.22. The molecule has 1 saturated heterocycles. The Balaban J connectivity index is 1.79. The van der Waals surface area contributed by atoms with Crippen molar-refractivity contribution < 1.29 is 14.7 Å². The summed E-state index contributed by atoms with van der Waals surface area (Å²) in [5.41, 5.74) is 0.811. The summed E-state index contributed by atoms with van der Waals surface area (Å²) in [5, 5.41) is 11.8. The summed E-state index contributed by atoms with van der Waals surface area (Å²) >= 11 is 0. The number of likely N-dealkylation sites (N-methyl/N-ethyl adjacent to an activating group) is 1. The highest BCUT2D eigenvalue weighted by atomic mass is 16.4. The Labute approximate surface area is 137 Å². The zero-order valence-electron chi connectivity index (χ0n) is 13.6. The number of anilines is 1. The van der Waals surface area contributed by atoms with Crippen molar-refractivity contribution in [1.29, 1.82) is 0 Å². The van der Waals surface area contributed by atoms with E-state index in [1.54, 1.807) is 0 Å². The second kappa shape index (κ2) is 8.64. The van der Waals surface area contributed by atoms with E-state index in [0.29, 0.717) is 6.54 Å². The van der Waals surface area contributed by atoms with E-state index in [0.717, 1.165) is 38.0 Å². The number of carboxylic acids is 1. The molecule has 1 heterocycles. The minimum absolute atomic E-state index is 0.00598. The maximum Gasteiger partial charge on any atom is 0.317 e. The molecule has 2 rings (SSSR count). The molecule has 1 unspecified atom stereocenters. The SMILES string of the molecule is CN(CC(=O)O)C1CCCN(CC(=O)Nc2ccccc2)CC1. The first-order chi connectivity index (χ1) is 11.0. The van der Waals surface area contributed by atoms with E-state index < -0.39 is 5.97 Å². The Kier molecular flexibility index (Phi) is 6.55. The van der Waals surface area contributed by atoms with Crippen LogP contribution >= 0.6 is 0 Å². The van der Waals surface area contributed by atoms with Crippen LogP contribution in [0.5, 0.6) is 0 Å². The molecule has 1 atom stereocenters. The molecule has 6 heteroatoms. The van der Waals surface area contributed by atoms with Crippen molar-refractivity contribution in [2.45, 2.75) is 25.3 Å². The van der Waals surface area contributed by atoms with Gasteiger partial charge in [0.2, 0.25) is 5.91 Å². The summed E-state index contributed by atoms with van der Waals surface area (Å²) in [5.74, 6) is -0.801. The van der Waals surface area contributed by atoms with E-state index in [-0.39, 0.29) is 18.5 Å². The van der Waals surface area contributed by atoms with Crippen molar-refractivity contribution in [2.24, 2.45) is 0 Å². The average molecular weight is 319 g/mol. The monoisotopic (exact) mass is 319 g/mol. The van der Waals surface area contributed by atoms with E-state index in [1.165, 1.54) is 0 Å². The second-order valence-electron chi connectivity index (χ2n) is 6.08. The summed E-state index contributed by atoms with van der Waals surface area (Å²) in [6.45, 7) is 2.14. The van der Waals surface area contributed by atoms with Gasteiger partial charge in [0.1, 0.15) is 0 Å². The highest BCUT2D eigenvalue weighted by Gasteiger charge is 2.22. The molecule has 1 aliphatic rings. The van der Waals surface area contributed by atoms with E-state index >= 15 is 0 Å². The highest BCUT2D eigenvalue weighted by molar-refractivity contribution is 5.92. The third-order valence-electron chi connectivity index (χ3n) is 4.22. The largest absolute Gasteiger partial charge is 0.480 e. The maximum atomic E-state index is 12.1. The molecule has 0 aromatic heterocycles. The number of hydrogen-bond acceptors (Lipinski definition) is 4. The predicted molar refractivity (Wildman–Crippen MR) is 89.4 cm³/mol. The lowest BCUT2D eigenvalue weighted by atomic mass is 10.1. The van der Waals surface area contributed by atoms with Crippen LogP contribution in [-0.4, -0.2) is 66.1 Å². The molecular formula is C17H25N3O3. The van der Waals surface area contributed by atoms with Crippen molar-refractivity contribution in [3.63, 3.8) is 0 Å². The van der Waals surface area contributed by atoms with Crippen LogP contribution < -0.4 is 5.32 Å². The average Bonchev–Trinajstić information content (AvgIpc) is 2.73. The topological polar surface area (TPSA) is 72.9 Å². The number of hydrogen-bond donors (Lipinski definition) is 2. The molecule has 1 aromatic carbocycles. The number of nitrogens with zero attached hydrogens (tertiary/aromatic N) is 2. The third kappa shape index (κ3) is 6.00. The minimum atomic E-state index is -0.796. The quantitative estimate of drug-likeness (QED) is 0.831. The van der Waals surface area contributed by atoms with Crippen molar-refractivity contribution in [3.8, 4) is 0 Å². The van der Waals surface area contributed by atoms with E-state index in [4.69, 9.17) is 5.11 Å². The fourth-order valence-corrected chi connectivity index (χ4v) is 3.00. The van der Waals surface area contributed by atoms with Crippen LogP contribution in [0.25, 0.3) is 0 Å². The first-order valence-electron chi connectivity index (χ1n) is 8.04. The number of carbonyl (C=O) groups excluding carboxylic acids is 1. The summed E-state index contributed by atoms with van der Waals surface area (Å²) in [6.07, 6.45) is 2.84. The first-order valence-corrected chi connectivity index (χ1v) is 8.04. The van der Waals surface area contributed by atoms with Crippen LogP contribution in [0.15, 0.2) is 30.3 Å². The summed E-state index contributed by atoms with van der Waals surface area (Å²) in [4.78, 5) is 27.0. The van der Waals surface area contributed by atoms with Crippen LogP contribution in [0.3, 0.4) is 0 Å². The van der Waals surface area contributed by atoms with Gasteiger partial charge in [-0.3, -0.25) is 19.4 Å². The molecule has 0 saturated carbocycles. The van der Waals surface area contributed by atoms with Crippen molar-refractivity contribution in [1.82, 2.24) is 9.80 Å². The minimum Gasteiger partial charge on any atom is -0.480 e. The molecule has 1 aromatic rings. The Morgan fingerprint density at radius 1 is 1.26 bits per heavy atom. The number of nitrogens with one attached hydrogen (secondary N) is 1. The first kappa shape index (κ1) is 17.4. The number of carbonyl (C=O) groups is 2. The zero-order valence-corrected chi connectivity index (χ0v) is 13.6. The van der Waals surface area contributed by atoms with Gasteiger partial charge in [0.25, 0.3) is 0 Å². The molecule has 0 aliphatic carbocycles. The lowest BCUT2D eigenvalue weighted by Crippen LogP contribution is -2.37. The molecule has 23 heavy (non-hydrogen) atoms. The summed E-state index contributed by atoms with van der Waals surface area (Å²) in [7, 11) is 1.86. The Morgan fingerprint density at radius 2 is 2.00 bits per heavy atom. The lowest BCUT2D eigenvalue weighted by Gasteiger charge is -2.25. The van der Waals surface area contributed by atoms with Gasteiger partial charge >= 0.3 is 5.97 Å². The number of likely N-dealkylation sites (tertiary alicyclic amines) is 1. The normalized spacial score (nSPS) is 19.3. The van der Waals surface area contributed by atoms with E-state index in [2.05, 4.69) is 10.2 Å². The highest BCUT2D eigenvalue weighted by Crippen LogP contribution is 2.16. The van der Waals surface area contributed by atoms with Gasteiger partial charge in [0.05, 0.1) is 13.1 Å². The Bertz CT molecular complexity index is 521. The van der Waals surface area contributed by atoms with Gasteiger partial charge in [-0.05, 0) is 45.0 Å². The predicted octanol–water partition coefficient (Wildman–Crippen LogP) is 1.50. The summed E-state index contributed by atoms with van der Waals surface area (Å²) in [6, 6.07) is 9.72. The number of carboxylic acid groups (broad SMARTS) is 1. The molecule has 0 spiro atoms. The number of para-hydroxylation sites is 1. The Morgan fingerprint density at radius 3 is 2.70 bits per heavy atom. The molecular weight excluding hydrogens is 294 g/mol. The van der Waals surface area contributed by atoms with Crippen molar-refractivity contribution >= 4 is 17.6 Å². The number of amides is 1. The fourth-order valence-electron chi connectivity index (χ4n) is 3.00. The van der Waals surface area contributed by atoms with Gasteiger partial charge in [-0.25, -0.2) is 0 Å². The van der Waals surface area contributed by atoms with Gasteiger partial charge in [0.15, 0.2) is 0 Å². The van der Waals surface area contributed by atoms with Crippen LogP contribution in [0.2, 0.25) is 0 Å². The number of rotatable bonds is 6. The molecule has 1 aliphatic heterocycles. The van der Waals surface area contributed by atoms with Crippen LogP contribution in [-0.2, 0) is 9.59 Å². The smallest absolute Gasteiger partial charge is 0.317 e. The van der Waals surface area contributed by atoms with Gasteiger partial charge < -0.3 is 10.4 Å². The van der Waals surface area contributed by atoms with Crippen LogP contribution in [0.1, 0.15) is 19.3 Å². The molecule has 1 amide bonds. The van der Waals surface area contributed by atoms with Gasteiger partial charge in [-0.1, -0.05) is 18.2 Å². The number of aliphatic carboxylic acids is 1. The van der Waals surface area contributed by atoms with Crippen molar-refractivity contribution in [3.05, 3.63) is 30.3 Å². The van der Waals surface area contributed by atoms with Crippen LogP contribution in [0, 0.1) is 0 Å². The standard InChI is InChI=1S/C17H25N3O3/c1-19(13-17(22)23)15-8-5-10-20(11-9-15)12-16(21)18-14-6-3-2-4-7-14/h2-4,6-7,15H,5,8-13H2,1H3,(H,18,21)(H,22,23). The molecule has 1 fully saturated rings. The molecule has 0 bridgehead atoms. The zero-order chi connectivity index (χ0) is 16.7. The van der Waals surface area contributed by atoms with Gasteiger partial charge in [0, 0.05) is 18.3 Å². The fraction of sp³-hybridized carbons (Fsp3) is 0.529. The van der Waals surface area contributed by atoms with Crippen LogP contribution in [0.4, 0.5) is 5.69 Å². The Hall–Kier alpha value is -1.92. The summed E-state index contributed by atoms with van der Waals surface area (Å²) < 4.78 is 0. The molecule has 6 nitrogen and oxygen atoms in total. The van der Waals surface area contributed by atoms with E-state index in [1.807, 2.05) is 42.3 Å². The van der Waals surface area contributed by atoms with E-state index in [9.17, 15) is 9.59 Å². The molecule has 126 valence electrons. The maximum absolute atomic E-state index is 12.1. The molecule has 2 N–H and O–H groups in total. The second-order valence-corrected chi connectivity index (χ2v) is 6.08. The van der Waals surface area contributed by atoms with Gasteiger partial charge in [-0.2, -0.15) is 0 Å².